The maximum atomic E-state index is 12.9. The Morgan fingerprint density at radius 1 is 1.14 bits per heavy atom. The fourth-order valence-electron chi connectivity index (χ4n) is 1.87. The van der Waals surface area contributed by atoms with Crippen LogP contribution in [-0.2, 0) is 6.54 Å². The molecular formula is C17H19ClFNS. The molecule has 0 saturated carbocycles. The molecule has 0 saturated heterocycles. The lowest BCUT2D eigenvalue weighted by molar-refractivity contribution is 0.552. The second kappa shape index (κ2) is 7.83. The summed E-state index contributed by atoms with van der Waals surface area (Å²) in [7, 11) is 0. The quantitative estimate of drug-likeness (QED) is 0.766. The third-order valence-electron chi connectivity index (χ3n) is 2.92. The van der Waals surface area contributed by atoms with E-state index in [1.54, 1.807) is 23.9 Å². The summed E-state index contributed by atoms with van der Waals surface area (Å²) in [4.78, 5) is 1.96. The topological polar surface area (TPSA) is 12.0 Å². The van der Waals surface area contributed by atoms with Crippen LogP contribution < -0.4 is 5.32 Å². The van der Waals surface area contributed by atoms with Gasteiger partial charge in [0.15, 0.2) is 0 Å². The Balaban J connectivity index is 2.00. The summed E-state index contributed by atoms with van der Waals surface area (Å²) in [5.74, 6) is 0.408. The molecule has 2 aromatic carbocycles. The predicted molar refractivity (Wildman–Crippen MR) is 88.5 cm³/mol. The highest BCUT2D eigenvalue weighted by molar-refractivity contribution is 7.99. The molecule has 0 aliphatic heterocycles. The Labute approximate surface area is 134 Å². The highest BCUT2D eigenvalue weighted by Crippen LogP contribution is 2.33. The van der Waals surface area contributed by atoms with Gasteiger partial charge in [-0.3, -0.25) is 0 Å². The molecule has 21 heavy (non-hydrogen) atoms. The molecule has 1 nitrogen and oxygen atoms in total. The summed E-state index contributed by atoms with van der Waals surface area (Å²) in [6.45, 7) is 6.17. The van der Waals surface area contributed by atoms with E-state index >= 15 is 0 Å². The van der Waals surface area contributed by atoms with Crippen molar-refractivity contribution in [3.05, 3.63) is 58.9 Å². The van der Waals surface area contributed by atoms with Crippen molar-refractivity contribution in [2.45, 2.75) is 30.2 Å². The highest BCUT2D eigenvalue weighted by Gasteiger charge is 2.05. The number of hydrogen-bond acceptors (Lipinski definition) is 2. The molecule has 1 N–H and O–H groups in total. The van der Waals surface area contributed by atoms with Gasteiger partial charge in [-0.2, -0.15) is 0 Å². The lowest BCUT2D eigenvalue weighted by Crippen LogP contribution is -2.18. The normalized spacial score (nSPS) is 11.1. The Bertz CT molecular complexity index is 584. The molecular weight excluding hydrogens is 305 g/mol. The monoisotopic (exact) mass is 323 g/mol. The maximum absolute atomic E-state index is 12.9. The van der Waals surface area contributed by atoms with E-state index in [4.69, 9.17) is 11.6 Å². The van der Waals surface area contributed by atoms with Crippen molar-refractivity contribution in [2.75, 3.05) is 6.54 Å². The smallest absolute Gasteiger partial charge is 0.123 e. The van der Waals surface area contributed by atoms with Crippen molar-refractivity contribution in [1.82, 2.24) is 5.32 Å². The highest BCUT2D eigenvalue weighted by atomic mass is 35.5. The van der Waals surface area contributed by atoms with Crippen LogP contribution in [0.15, 0.2) is 52.3 Å². The van der Waals surface area contributed by atoms with Gasteiger partial charge in [0.25, 0.3) is 0 Å². The van der Waals surface area contributed by atoms with Gasteiger partial charge < -0.3 is 5.32 Å². The number of halogens is 2. The van der Waals surface area contributed by atoms with Crippen molar-refractivity contribution >= 4 is 23.4 Å². The molecule has 2 aromatic rings. The van der Waals surface area contributed by atoms with E-state index in [9.17, 15) is 4.39 Å². The van der Waals surface area contributed by atoms with Crippen LogP contribution in [-0.4, -0.2) is 6.54 Å². The second-order valence-corrected chi connectivity index (χ2v) is 6.87. The molecule has 0 atom stereocenters. The van der Waals surface area contributed by atoms with E-state index in [0.29, 0.717) is 5.92 Å². The molecule has 0 fully saturated rings. The van der Waals surface area contributed by atoms with Gasteiger partial charge in [-0.05, 0) is 54.4 Å². The lowest BCUT2D eigenvalue weighted by atomic mass is 10.2. The first-order valence-corrected chi connectivity index (χ1v) is 8.16. The number of rotatable bonds is 6. The standard InChI is InChI=1S/C17H19ClFNS/c1-12(2)10-20-11-13-3-8-17(16(18)9-13)21-15-6-4-14(19)5-7-15/h3-9,12,20H,10-11H2,1-2H3. The van der Waals surface area contributed by atoms with E-state index in [2.05, 4.69) is 25.2 Å². The van der Waals surface area contributed by atoms with Gasteiger partial charge in [0.05, 0.1) is 5.02 Å². The van der Waals surface area contributed by atoms with Gasteiger partial charge in [-0.15, -0.1) is 0 Å². The van der Waals surface area contributed by atoms with Gasteiger partial charge in [0.1, 0.15) is 5.82 Å². The van der Waals surface area contributed by atoms with E-state index in [1.807, 2.05) is 12.1 Å². The van der Waals surface area contributed by atoms with Crippen LogP contribution in [0.2, 0.25) is 5.02 Å². The zero-order valence-corrected chi connectivity index (χ0v) is 13.8. The average Bonchev–Trinajstić information content (AvgIpc) is 2.44. The maximum Gasteiger partial charge on any atom is 0.123 e. The average molecular weight is 324 g/mol. The molecule has 0 heterocycles. The minimum atomic E-state index is -0.225. The summed E-state index contributed by atoms with van der Waals surface area (Å²) in [5, 5.41) is 4.13. The molecule has 0 amide bonds. The van der Waals surface area contributed by atoms with Crippen LogP contribution in [0, 0.1) is 11.7 Å². The van der Waals surface area contributed by atoms with Gasteiger partial charge in [-0.1, -0.05) is 43.3 Å². The van der Waals surface area contributed by atoms with Crippen LogP contribution in [0.25, 0.3) is 0 Å². The molecule has 0 aliphatic carbocycles. The molecule has 0 aliphatic rings. The third kappa shape index (κ3) is 5.34. The van der Waals surface area contributed by atoms with Crippen LogP contribution in [0.1, 0.15) is 19.4 Å². The summed E-state index contributed by atoms with van der Waals surface area (Å²) < 4.78 is 12.9. The zero-order chi connectivity index (χ0) is 15.2. The van der Waals surface area contributed by atoms with Crippen molar-refractivity contribution < 1.29 is 4.39 Å². The molecule has 0 spiro atoms. The van der Waals surface area contributed by atoms with E-state index in [1.165, 1.54) is 17.7 Å². The van der Waals surface area contributed by atoms with Gasteiger partial charge in [0.2, 0.25) is 0 Å². The summed E-state index contributed by atoms with van der Waals surface area (Å²) in [6.07, 6.45) is 0. The van der Waals surface area contributed by atoms with Crippen LogP contribution >= 0.6 is 23.4 Å². The lowest BCUT2D eigenvalue weighted by Gasteiger charge is -2.09. The van der Waals surface area contributed by atoms with Gasteiger partial charge >= 0.3 is 0 Å². The minimum absolute atomic E-state index is 0.225. The number of nitrogens with one attached hydrogen (secondary N) is 1. The molecule has 0 radical (unpaired) electrons. The second-order valence-electron chi connectivity index (χ2n) is 5.35. The fourth-order valence-corrected chi connectivity index (χ4v) is 3.01. The van der Waals surface area contributed by atoms with Gasteiger partial charge in [-0.25, -0.2) is 4.39 Å². The minimum Gasteiger partial charge on any atom is -0.312 e. The van der Waals surface area contributed by atoms with Crippen molar-refractivity contribution in [1.29, 1.82) is 0 Å². The number of benzene rings is 2. The van der Waals surface area contributed by atoms with Crippen LogP contribution in [0.4, 0.5) is 4.39 Å². The predicted octanol–water partition coefficient (Wildman–Crippen LogP) is 5.38. The zero-order valence-electron chi connectivity index (χ0n) is 12.2. The molecule has 112 valence electrons. The van der Waals surface area contributed by atoms with E-state index in [-0.39, 0.29) is 5.82 Å². The molecule has 2 rings (SSSR count). The fraction of sp³-hybridized carbons (Fsp3) is 0.294. The van der Waals surface area contributed by atoms with Crippen LogP contribution in [0.5, 0.6) is 0 Å². The first-order chi connectivity index (χ1) is 10.0. The van der Waals surface area contributed by atoms with E-state index in [0.717, 1.165) is 27.9 Å². The Morgan fingerprint density at radius 3 is 2.48 bits per heavy atom. The van der Waals surface area contributed by atoms with Crippen molar-refractivity contribution in [3.8, 4) is 0 Å². The molecule has 0 aromatic heterocycles. The Morgan fingerprint density at radius 2 is 1.86 bits per heavy atom. The summed E-state index contributed by atoms with van der Waals surface area (Å²) >= 11 is 7.87. The summed E-state index contributed by atoms with van der Waals surface area (Å²) in [5.41, 5.74) is 1.17. The third-order valence-corrected chi connectivity index (χ3v) is 4.43. The van der Waals surface area contributed by atoms with Crippen LogP contribution in [0.3, 0.4) is 0 Å². The van der Waals surface area contributed by atoms with Crippen molar-refractivity contribution in [2.24, 2.45) is 5.92 Å². The molecule has 0 bridgehead atoms. The molecule has 4 heteroatoms. The van der Waals surface area contributed by atoms with Crippen molar-refractivity contribution in [3.63, 3.8) is 0 Å². The molecule has 0 unspecified atom stereocenters. The number of hydrogen-bond donors (Lipinski definition) is 1. The largest absolute Gasteiger partial charge is 0.312 e. The van der Waals surface area contributed by atoms with Gasteiger partial charge in [0, 0.05) is 16.3 Å². The Kier molecular flexibility index (Phi) is 6.09. The first-order valence-electron chi connectivity index (χ1n) is 6.97. The summed E-state index contributed by atoms with van der Waals surface area (Å²) in [6, 6.07) is 12.5. The SMILES string of the molecule is CC(C)CNCc1ccc(Sc2ccc(F)cc2)c(Cl)c1. The Hall–Kier alpha value is -1.03. The van der Waals surface area contributed by atoms with E-state index < -0.39 is 0 Å². The first kappa shape index (κ1) is 16.3.